The Bertz CT molecular complexity index is 130. The molecule has 1 aliphatic rings. The van der Waals surface area contributed by atoms with Crippen LogP contribution < -0.4 is 5.32 Å². The van der Waals surface area contributed by atoms with Gasteiger partial charge in [0, 0.05) is 12.1 Å². The quantitative estimate of drug-likeness (QED) is 0.701. The van der Waals surface area contributed by atoms with E-state index in [0.717, 1.165) is 5.92 Å². The number of aliphatic hydroxyl groups excluding tert-OH is 1. The van der Waals surface area contributed by atoms with Gasteiger partial charge in [0.1, 0.15) is 0 Å². The molecule has 0 saturated heterocycles. The van der Waals surface area contributed by atoms with Crippen molar-refractivity contribution in [1.29, 1.82) is 0 Å². The van der Waals surface area contributed by atoms with Gasteiger partial charge >= 0.3 is 0 Å². The molecule has 0 aromatic carbocycles. The Balaban J connectivity index is 2.17. The van der Waals surface area contributed by atoms with Crippen molar-refractivity contribution < 1.29 is 5.11 Å². The lowest BCUT2D eigenvalue weighted by molar-refractivity contribution is 0.214. The van der Waals surface area contributed by atoms with Crippen molar-refractivity contribution in [1.82, 2.24) is 5.32 Å². The molecule has 0 unspecified atom stereocenters. The molecule has 2 heteroatoms. The second-order valence-corrected chi connectivity index (χ2v) is 4.38. The van der Waals surface area contributed by atoms with E-state index in [1.54, 1.807) is 0 Å². The predicted molar refractivity (Wildman–Crippen MR) is 55.7 cm³/mol. The van der Waals surface area contributed by atoms with E-state index >= 15 is 0 Å². The Morgan fingerprint density at radius 1 is 1.31 bits per heavy atom. The van der Waals surface area contributed by atoms with E-state index in [-0.39, 0.29) is 12.6 Å². The summed E-state index contributed by atoms with van der Waals surface area (Å²) < 4.78 is 0. The molecule has 1 atom stereocenters. The minimum Gasteiger partial charge on any atom is -0.395 e. The van der Waals surface area contributed by atoms with E-state index in [2.05, 4.69) is 12.2 Å². The number of nitrogens with one attached hydrogen (secondary N) is 1. The monoisotopic (exact) mass is 185 g/mol. The number of hydrogen-bond acceptors (Lipinski definition) is 2. The Kier molecular flexibility index (Phi) is 4.74. The number of aliphatic hydroxyl groups is 1. The van der Waals surface area contributed by atoms with Crippen LogP contribution in [0.2, 0.25) is 0 Å². The van der Waals surface area contributed by atoms with Gasteiger partial charge in [-0.25, -0.2) is 0 Å². The van der Waals surface area contributed by atoms with Gasteiger partial charge in [0.25, 0.3) is 0 Å². The Morgan fingerprint density at radius 3 is 2.38 bits per heavy atom. The van der Waals surface area contributed by atoms with Gasteiger partial charge < -0.3 is 10.4 Å². The van der Waals surface area contributed by atoms with E-state index in [4.69, 9.17) is 5.11 Å². The second-order valence-electron chi connectivity index (χ2n) is 4.38. The summed E-state index contributed by atoms with van der Waals surface area (Å²) in [6.45, 7) is 4.59. The van der Waals surface area contributed by atoms with Crippen LogP contribution in [-0.4, -0.2) is 23.8 Å². The fourth-order valence-electron chi connectivity index (χ4n) is 2.19. The van der Waals surface area contributed by atoms with Crippen molar-refractivity contribution >= 4 is 0 Å². The highest BCUT2D eigenvalue weighted by atomic mass is 16.3. The first-order valence-electron chi connectivity index (χ1n) is 5.63. The van der Waals surface area contributed by atoms with Crippen molar-refractivity contribution in [2.75, 3.05) is 6.61 Å². The van der Waals surface area contributed by atoms with Gasteiger partial charge in [0.2, 0.25) is 0 Å². The molecule has 78 valence electrons. The van der Waals surface area contributed by atoms with Crippen molar-refractivity contribution in [3.05, 3.63) is 0 Å². The maximum Gasteiger partial charge on any atom is 0.0582 e. The van der Waals surface area contributed by atoms with E-state index in [0.29, 0.717) is 6.04 Å². The van der Waals surface area contributed by atoms with Crippen molar-refractivity contribution in [2.45, 2.75) is 58.0 Å². The minimum absolute atomic E-state index is 0.258. The van der Waals surface area contributed by atoms with Crippen molar-refractivity contribution in [3.8, 4) is 0 Å². The Hall–Kier alpha value is -0.0800. The fourth-order valence-corrected chi connectivity index (χ4v) is 2.19. The van der Waals surface area contributed by atoms with Crippen LogP contribution in [0.4, 0.5) is 0 Å². The highest BCUT2D eigenvalue weighted by Gasteiger charge is 2.20. The number of hydrogen-bond donors (Lipinski definition) is 2. The standard InChI is InChI=1S/C11H23NO/c1-3-10-4-6-11(7-5-10)12-9(2)8-13/h9-13H,3-8H2,1-2H3/t9-,10?,11?/m1/s1. The lowest BCUT2D eigenvalue weighted by Crippen LogP contribution is -2.40. The molecule has 0 amide bonds. The zero-order chi connectivity index (χ0) is 9.68. The molecule has 0 heterocycles. The van der Waals surface area contributed by atoms with Crippen LogP contribution in [0.5, 0.6) is 0 Å². The smallest absolute Gasteiger partial charge is 0.0582 e. The third kappa shape index (κ3) is 3.65. The molecular weight excluding hydrogens is 162 g/mol. The summed E-state index contributed by atoms with van der Waals surface area (Å²) in [4.78, 5) is 0. The molecule has 2 nitrogen and oxygen atoms in total. The van der Waals surface area contributed by atoms with Gasteiger partial charge in [-0.05, 0) is 38.5 Å². The highest BCUT2D eigenvalue weighted by molar-refractivity contribution is 4.78. The summed E-state index contributed by atoms with van der Waals surface area (Å²) in [6.07, 6.45) is 6.66. The maximum atomic E-state index is 8.90. The van der Waals surface area contributed by atoms with Gasteiger partial charge in [-0.15, -0.1) is 0 Å². The maximum absolute atomic E-state index is 8.90. The largest absolute Gasteiger partial charge is 0.395 e. The Morgan fingerprint density at radius 2 is 1.92 bits per heavy atom. The van der Waals surface area contributed by atoms with Crippen LogP contribution in [0.25, 0.3) is 0 Å². The van der Waals surface area contributed by atoms with Crippen LogP contribution in [-0.2, 0) is 0 Å². The summed E-state index contributed by atoms with van der Waals surface area (Å²) in [7, 11) is 0. The Labute approximate surface area is 81.7 Å². The molecule has 1 rings (SSSR count). The lowest BCUT2D eigenvalue weighted by Gasteiger charge is -2.30. The fraction of sp³-hybridized carbons (Fsp3) is 1.00. The van der Waals surface area contributed by atoms with Crippen molar-refractivity contribution in [3.63, 3.8) is 0 Å². The molecule has 0 aromatic heterocycles. The molecule has 13 heavy (non-hydrogen) atoms. The van der Waals surface area contributed by atoms with Crippen LogP contribution >= 0.6 is 0 Å². The summed E-state index contributed by atoms with van der Waals surface area (Å²) >= 11 is 0. The van der Waals surface area contributed by atoms with Gasteiger partial charge in [-0.2, -0.15) is 0 Å². The SMILES string of the molecule is CCC1CCC(N[C@H](C)CO)CC1. The van der Waals surface area contributed by atoms with Crippen LogP contribution in [0.1, 0.15) is 46.0 Å². The summed E-state index contributed by atoms with van der Waals surface area (Å²) in [5, 5.41) is 12.4. The van der Waals surface area contributed by atoms with Gasteiger partial charge in [-0.3, -0.25) is 0 Å². The molecule has 1 fully saturated rings. The molecule has 0 aromatic rings. The molecular formula is C11H23NO. The molecule has 1 saturated carbocycles. The average molecular weight is 185 g/mol. The minimum atomic E-state index is 0.258. The first-order valence-corrected chi connectivity index (χ1v) is 5.63. The highest BCUT2D eigenvalue weighted by Crippen LogP contribution is 2.26. The molecule has 0 radical (unpaired) electrons. The van der Waals surface area contributed by atoms with E-state index in [1.807, 2.05) is 6.92 Å². The van der Waals surface area contributed by atoms with E-state index < -0.39 is 0 Å². The summed E-state index contributed by atoms with van der Waals surface area (Å²) in [5.74, 6) is 0.961. The molecule has 1 aliphatic carbocycles. The molecule has 0 spiro atoms. The molecule has 0 bridgehead atoms. The summed E-state index contributed by atoms with van der Waals surface area (Å²) in [6, 6.07) is 0.924. The third-order valence-corrected chi connectivity index (χ3v) is 3.22. The van der Waals surface area contributed by atoms with Crippen molar-refractivity contribution in [2.24, 2.45) is 5.92 Å². The normalized spacial score (nSPS) is 31.6. The number of rotatable bonds is 4. The second kappa shape index (κ2) is 5.61. The molecule has 2 N–H and O–H groups in total. The third-order valence-electron chi connectivity index (χ3n) is 3.22. The van der Waals surface area contributed by atoms with Crippen LogP contribution in [0.3, 0.4) is 0 Å². The van der Waals surface area contributed by atoms with E-state index in [9.17, 15) is 0 Å². The lowest BCUT2D eigenvalue weighted by atomic mass is 9.84. The zero-order valence-corrected chi connectivity index (χ0v) is 8.92. The van der Waals surface area contributed by atoms with Crippen LogP contribution in [0, 0.1) is 5.92 Å². The predicted octanol–water partition coefficient (Wildman–Crippen LogP) is 1.93. The average Bonchev–Trinajstić information content (AvgIpc) is 2.19. The summed E-state index contributed by atoms with van der Waals surface area (Å²) in [5.41, 5.74) is 0. The van der Waals surface area contributed by atoms with E-state index in [1.165, 1.54) is 32.1 Å². The first kappa shape index (κ1) is 11.0. The van der Waals surface area contributed by atoms with Gasteiger partial charge in [-0.1, -0.05) is 13.3 Å². The first-order chi connectivity index (χ1) is 6.26. The molecule has 0 aliphatic heterocycles. The topological polar surface area (TPSA) is 32.3 Å². The van der Waals surface area contributed by atoms with Gasteiger partial charge in [0.05, 0.1) is 6.61 Å². The van der Waals surface area contributed by atoms with Crippen LogP contribution in [0.15, 0.2) is 0 Å². The zero-order valence-electron chi connectivity index (χ0n) is 8.92. The van der Waals surface area contributed by atoms with Gasteiger partial charge in [0.15, 0.2) is 0 Å².